The first-order valence-electron chi connectivity index (χ1n) is 5.46. The Bertz CT molecular complexity index is 407. The van der Waals surface area contributed by atoms with E-state index >= 15 is 0 Å². The molecule has 0 spiro atoms. The number of rotatable bonds is 2. The van der Waals surface area contributed by atoms with Gasteiger partial charge in [0.2, 0.25) is 17.0 Å². The lowest BCUT2D eigenvalue weighted by Crippen LogP contribution is -2.52. The lowest BCUT2D eigenvalue weighted by atomic mass is 10.2. The van der Waals surface area contributed by atoms with E-state index in [1.54, 1.807) is 11.8 Å². The maximum absolute atomic E-state index is 11.7. The average molecular weight is 329 g/mol. The summed E-state index contributed by atoms with van der Waals surface area (Å²) in [6.45, 7) is 4.53. The molecular formula is C9H18Cl2N6OS. The fraction of sp³-hybridized carbons (Fsp3) is 0.667. The van der Waals surface area contributed by atoms with Gasteiger partial charge in [0.05, 0.1) is 6.04 Å². The molecule has 0 saturated carbocycles. The molecule has 1 aliphatic heterocycles. The molecule has 1 fully saturated rings. The highest BCUT2D eigenvalue weighted by molar-refractivity contribution is 7.09. The molecule has 0 unspecified atom stereocenters. The first-order chi connectivity index (χ1) is 8.08. The molecule has 1 aromatic heterocycles. The molecule has 1 aliphatic rings. The van der Waals surface area contributed by atoms with Gasteiger partial charge in [-0.3, -0.25) is 4.79 Å². The number of anilines is 2. The van der Waals surface area contributed by atoms with Crippen molar-refractivity contribution in [1.82, 2.24) is 14.3 Å². The van der Waals surface area contributed by atoms with Crippen LogP contribution in [0.5, 0.6) is 0 Å². The van der Waals surface area contributed by atoms with Gasteiger partial charge >= 0.3 is 0 Å². The van der Waals surface area contributed by atoms with Crippen molar-refractivity contribution in [3.63, 3.8) is 0 Å². The van der Waals surface area contributed by atoms with Crippen molar-refractivity contribution in [3.05, 3.63) is 0 Å². The summed E-state index contributed by atoms with van der Waals surface area (Å²) in [5.41, 5.74) is 11.1. The number of carbonyl (C=O) groups is 1. The van der Waals surface area contributed by atoms with Crippen LogP contribution < -0.4 is 16.4 Å². The number of aromatic nitrogens is 2. The molecule has 0 aliphatic carbocycles. The van der Waals surface area contributed by atoms with E-state index in [1.165, 1.54) is 11.5 Å². The van der Waals surface area contributed by atoms with E-state index in [-0.39, 0.29) is 30.7 Å². The van der Waals surface area contributed by atoms with Crippen molar-refractivity contribution in [2.45, 2.75) is 13.0 Å². The van der Waals surface area contributed by atoms with Crippen LogP contribution in [0.25, 0.3) is 0 Å². The summed E-state index contributed by atoms with van der Waals surface area (Å²) >= 11 is 1.28. The van der Waals surface area contributed by atoms with Gasteiger partial charge in [0.15, 0.2) is 0 Å². The maximum atomic E-state index is 11.7. The lowest BCUT2D eigenvalue weighted by molar-refractivity contribution is -0.132. The van der Waals surface area contributed by atoms with Crippen LogP contribution in [0.2, 0.25) is 0 Å². The van der Waals surface area contributed by atoms with Crippen LogP contribution in [0.4, 0.5) is 11.1 Å². The van der Waals surface area contributed by atoms with Crippen LogP contribution in [0.1, 0.15) is 6.92 Å². The van der Waals surface area contributed by atoms with Gasteiger partial charge in [-0.2, -0.15) is 9.36 Å². The van der Waals surface area contributed by atoms with Gasteiger partial charge in [-0.15, -0.1) is 24.8 Å². The van der Waals surface area contributed by atoms with Gasteiger partial charge in [-0.25, -0.2) is 0 Å². The summed E-state index contributed by atoms with van der Waals surface area (Å²) in [7, 11) is 0. The van der Waals surface area contributed by atoms with Gasteiger partial charge in [0.25, 0.3) is 0 Å². The topological polar surface area (TPSA) is 101 Å². The molecule has 0 aromatic carbocycles. The van der Waals surface area contributed by atoms with E-state index in [9.17, 15) is 4.79 Å². The van der Waals surface area contributed by atoms with E-state index in [2.05, 4.69) is 14.3 Å². The Balaban J connectivity index is 0.00000162. The predicted octanol–water partition coefficient (Wildman–Crippen LogP) is -0.0403. The Hall–Kier alpha value is -0.830. The average Bonchev–Trinajstić information content (AvgIpc) is 2.75. The van der Waals surface area contributed by atoms with Gasteiger partial charge in [-0.05, 0) is 6.92 Å². The fourth-order valence-electron chi connectivity index (χ4n) is 1.76. The van der Waals surface area contributed by atoms with E-state index in [0.717, 1.165) is 18.2 Å². The van der Waals surface area contributed by atoms with Crippen molar-refractivity contribution in [1.29, 1.82) is 0 Å². The molecule has 1 amide bonds. The largest absolute Gasteiger partial charge is 0.367 e. The van der Waals surface area contributed by atoms with Crippen LogP contribution >= 0.6 is 36.3 Å². The predicted molar refractivity (Wildman–Crippen MR) is 81.3 cm³/mol. The van der Waals surface area contributed by atoms with Crippen LogP contribution in [0.3, 0.4) is 0 Å². The monoisotopic (exact) mass is 328 g/mol. The van der Waals surface area contributed by atoms with Crippen molar-refractivity contribution < 1.29 is 4.79 Å². The first kappa shape index (κ1) is 18.2. The zero-order valence-corrected chi connectivity index (χ0v) is 12.9. The van der Waals surface area contributed by atoms with E-state index < -0.39 is 6.04 Å². The molecule has 1 saturated heterocycles. The van der Waals surface area contributed by atoms with Crippen molar-refractivity contribution in [2.24, 2.45) is 5.73 Å². The number of hydrogen-bond donors (Lipinski definition) is 2. The zero-order chi connectivity index (χ0) is 12.4. The van der Waals surface area contributed by atoms with Crippen LogP contribution in [0.15, 0.2) is 0 Å². The fourth-order valence-corrected chi connectivity index (χ4v) is 2.41. The number of piperazine rings is 1. The highest BCUT2D eigenvalue weighted by Crippen LogP contribution is 2.19. The number of nitrogens with two attached hydrogens (primary N) is 2. The third-order valence-electron chi connectivity index (χ3n) is 2.68. The molecule has 1 aromatic rings. The summed E-state index contributed by atoms with van der Waals surface area (Å²) in [6.07, 6.45) is 0. The molecule has 7 nitrogen and oxygen atoms in total. The number of amides is 1. The van der Waals surface area contributed by atoms with Gasteiger partial charge in [0.1, 0.15) is 0 Å². The molecule has 19 heavy (non-hydrogen) atoms. The molecule has 2 rings (SSSR count). The number of nitrogens with zero attached hydrogens (tertiary/aromatic N) is 4. The Morgan fingerprint density at radius 3 is 2.32 bits per heavy atom. The van der Waals surface area contributed by atoms with Crippen LogP contribution in [-0.4, -0.2) is 52.4 Å². The second-order valence-electron chi connectivity index (χ2n) is 4.04. The molecule has 110 valence electrons. The number of carbonyl (C=O) groups excluding carboxylic acids is 1. The number of hydrogen-bond acceptors (Lipinski definition) is 7. The third kappa shape index (κ3) is 4.34. The molecule has 4 N–H and O–H groups in total. The minimum Gasteiger partial charge on any atom is -0.367 e. The van der Waals surface area contributed by atoms with Crippen molar-refractivity contribution in [3.8, 4) is 0 Å². The number of nitrogen functional groups attached to an aromatic ring is 1. The van der Waals surface area contributed by atoms with Crippen LogP contribution in [-0.2, 0) is 4.79 Å². The van der Waals surface area contributed by atoms with Crippen molar-refractivity contribution >= 4 is 53.3 Å². The minimum absolute atomic E-state index is 0. The van der Waals surface area contributed by atoms with Gasteiger partial charge < -0.3 is 21.3 Å². The SMILES string of the molecule is C[C@@H](N)C(=O)N1CCN(c2nc(N)ns2)CC1.Cl.Cl. The normalized spacial score (nSPS) is 16.3. The second-order valence-corrected chi connectivity index (χ2v) is 4.77. The number of halogens is 2. The van der Waals surface area contributed by atoms with Crippen LogP contribution in [0, 0.1) is 0 Å². The smallest absolute Gasteiger partial charge is 0.239 e. The minimum atomic E-state index is -0.432. The van der Waals surface area contributed by atoms with Gasteiger partial charge in [0, 0.05) is 37.7 Å². The van der Waals surface area contributed by atoms with E-state index in [4.69, 9.17) is 11.5 Å². The van der Waals surface area contributed by atoms with Gasteiger partial charge in [-0.1, -0.05) is 0 Å². The standard InChI is InChI=1S/C9H16N6OS.2ClH/c1-6(10)7(16)14-2-4-15(5-3-14)9-12-8(11)13-17-9;;/h6H,2-5,10H2,1H3,(H2,11,13);2*1H/t6-;;/m1../s1. The zero-order valence-electron chi connectivity index (χ0n) is 10.5. The molecule has 2 heterocycles. The van der Waals surface area contributed by atoms with Crippen molar-refractivity contribution in [2.75, 3.05) is 36.8 Å². The Morgan fingerprint density at radius 1 is 1.32 bits per heavy atom. The quantitative estimate of drug-likeness (QED) is 0.789. The second kappa shape index (κ2) is 7.68. The molecule has 10 heteroatoms. The maximum Gasteiger partial charge on any atom is 0.239 e. The molecule has 0 radical (unpaired) electrons. The Morgan fingerprint density at radius 2 is 1.89 bits per heavy atom. The lowest BCUT2D eigenvalue weighted by Gasteiger charge is -2.35. The van der Waals surface area contributed by atoms with E-state index in [1.807, 2.05) is 0 Å². The summed E-state index contributed by atoms with van der Waals surface area (Å²) in [4.78, 5) is 19.7. The summed E-state index contributed by atoms with van der Waals surface area (Å²) < 4.78 is 3.94. The highest BCUT2D eigenvalue weighted by atomic mass is 35.5. The highest BCUT2D eigenvalue weighted by Gasteiger charge is 2.24. The third-order valence-corrected chi connectivity index (χ3v) is 3.47. The van der Waals surface area contributed by atoms with E-state index in [0.29, 0.717) is 19.0 Å². The summed E-state index contributed by atoms with van der Waals surface area (Å²) in [5.74, 6) is 0.306. The summed E-state index contributed by atoms with van der Waals surface area (Å²) in [5, 5.41) is 0.815. The molecule has 1 atom stereocenters. The first-order valence-corrected chi connectivity index (χ1v) is 6.24. The summed E-state index contributed by atoms with van der Waals surface area (Å²) in [6, 6.07) is -0.432. The Kier molecular flexibility index (Phi) is 7.35. The molecule has 0 bridgehead atoms. The molecular weight excluding hydrogens is 311 g/mol. The Labute approximate surface area is 128 Å².